The van der Waals surface area contributed by atoms with E-state index in [0.717, 1.165) is 10.5 Å². The molecular weight excluding hydrogens is 368 g/mol. The first-order valence-electron chi connectivity index (χ1n) is 9.74. The molecule has 2 aromatic carbocycles. The monoisotopic (exact) mass is 398 g/mol. The number of carbonyl (C=O) groups is 2. The number of benzene rings is 2. The summed E-state index contributed by atoms with van der Waals surface area (Å²) in [6, 6.07) is 17.5. The van der Waals surface area contributed by atoms with E-state index in [1.165, 1.54) is 17.3 Å². The van der Waals surface area contributed by atoms with Crippen LogP contribution in [0.5, 0.6) is 0 Å². The molecule has 0 saturated carbocycles. The van der Waals surface area contributed by atoms with Gasteiger partial charge in [-0.3, -0.25) is 9.59 Å². The van der Waals surface area contributed by atoms with E-state index in [0.29, 0.717) is 18.7 Å². The summed E-state index contributed by atoms with van der Waals surface area (Å²) in [5, 5.41) is 2.96. The van der Waals surface area contributed by atoms with Gasteiger partial charge in [-0.2, -0.15) is 0 Å². The summed E-state index contributed by atoms with van der Waals surface area (Å²) < 4.78 is 0. The molecule has 0 radical (unpaired) electrons. The van der Waals surface area contributed by atoms with Gasteiger partial charge in [0, 0.05) is 17.5 Å². The van der Waals surface area contributed by atoms with Gasteiger partial charge in [0.05, 0.1) is 5.75 Å². The molecule has 0 saturated heterocycles. The number of carbonyl (C=O) groups excluding carboxylic acids is 2. The van der Waals surface area contributed by atoms with E-state index in [2.05, 4.69) is 5.32 Å². The normalized spacial score (nSPS) is 11.9. The highest BCUT2D eigenvalue weighted by atomic mass is 32.2. The van der Waals surface area contributed by atoms with Crippen LogP contribution in [-0.4, -0.2) is 34.6 Å². The van der Waals surface area contributed by atoms with E-state index < -0.39 is 6.04 Å². The predicted octanol–water partition coefficient (Wildman–Crippen LogP) is 4.42. The van der Waals surface area contributed by atoms with Crippen LogP contribution in [-0.2, 0) is 16.1 Å². The second kappa shape index (κ2) is 10.9. The molecule has 2 rings (SSSR count). The van der Waals surface area contributed by atoms with E-state index in [9.17, 15) is 9.59 Å². The maximum absolute atomic E-state index is 13.1. The summed E-state index contributed by atoms with van der Waals surface area (Å²) in [6.45, 7) is 8.28. The molecule has 1 atom stereocenters. The van der Waals surface area contributed by atoms with Crippen molar-refractivity contribution < 1.29 is 9.59 Å². The molecule has 0 unspecified atom stereocenters. The van der Waals surface area contributed by atoms with Crippen LogP contribution in [0.15, 0.2) is 59.5 Å². The minimum Gasteiger partial charge on any atom is -0.352 e. The molecule has 0 bridgehead atoms. The fourth-order valence-corrected chi connectivity index (χ4v) is 3.73. The minimum absolute atomic E-state index is 0.0276. The van der Waals surface area contributed by atoms with Crippen LogP contribution in [0.4, 0.5) is 0 Å². The van der Waals surface area contributed by atoms with Gasteiger partial charge in [-0.15, -0.1) is 11.8 Å². The Morgan fingerprint density at radius 1 is 1.04 bits per heavy atom. The zero-order chi connectivity index (χ0) is 20.5. The highest BCUT2D eigenvalue weighted by Gasteiger charge is 2.28. The van der Waals surface area contributed by atoms with Crippen molar-refractivity contribution in [3.63, 3.8) is 0 Å². The number of aryl methyl sites for hydroxylation is 1. The Hall–Kier alpha value is -2.27. The van der Waals surface area contributed by atoms with Gasteiger partial charge >= 0.3 is 0 Å². The third-order valence-electron chi connectivity index (χ3n) is 4.40. The van der Waals surface area contributed by atoms with E-state index in [4.69, 9.17) is 0 Å². The van der Waals surface area contributed by atoms with E-state index in [1.807, 2.05) is 82.3 Å². The highest BCUT2D eigenvalue weighted by molar-refractivity contribution is 8.00. The molecule has 2 aromatic rings. The number of thioether (sulfide) groups is 1. The quantitative estimate of drug-likeness (QED) is 0.636. The summed E-state index contributed by atoms with van der Waals surface area (Å²) in [5.74, 6) is 0.184. The van der Waals surface area contributed by atoms with Crippen LogP contribution in [0.2, 0.25) is 0 Å². The SMILES string of the molecule is CC[C@@H](C(=O)NC(C)C)N(Cc1ccccc1)C(=O)CSc1ccc(C)cc1. The Morgan fingerprint density at radius 2 is 1.68 bits per heavy atom. The van der Waals surface area contributed by atoms with E-state index in [-0.39, 0.29) is 17.9 Å². The maximum atomic E-state index is 13.1. The molecule has 0 heterocycles. The van der Waals surface area contributed by atoms with Gasteiger partial charge in [-0.25, -0.2) is 0 Å². The van der Waals surface area contributed by atoms with Crippen molar-refractivity contribution in [1.29, 1.82) is 0 Å². The molecule has 0 fully saturated rings. The molecule has 150 valence electrons. The predicted molar refractivity (Wildman–Crippen MR) is 116 cm³/mol. The van der Waals surface area contributed by atoms with Crippen molar-refractivity contribution in [3.8, 4) is 0 Å². The molecule has 0 aromatic heterocycles. The molecule has 0 aliphatic heterocycles. The number of hydrogen-bond donors (Lipinski definition) is 1. The third-order valence-corrected chi connectivity index (χ3v) is 5.39. The van der Waals surface area contributed by atoms with Crippen molar-refractivity contribution in [1.82, 2.24) is 10.2 Å². The van der Waals surface area contributed by atoms with Gasteiger partial charge in [0.25, 0.3) is 0 Å². The van der Waals surface area contributed by atoms with Gasteiger partial charge in [0.2, 0.25) is 11.8 Å². The van der Waals surface area contributed by atoms with E-state index >= 15 is 0 Å². The van der Waals surface area contributed by atoms with Gasteiger partial charge in [-0.1, -0.05) is 55.0 Å². The molecule has 4 nitrogen and oxygen atoms in total. The Kier molecular flexibility index (Phi) is 8.58. The number of amides is 2. The zero-order valence-electron chi connectivity index (χ0n) is 17.1. The van der Waals surface area contributed by atoms with Crippen LogP contribution in [0.25, 0.3) is 0 Å². The second-order valence-corrected chi connectivity index (χ2v) is 8.25. The number of rotatable bonds is 9. The molecule has 2 amide bonds. The number of nitrogens with one attached hydrogen (secondary N) is 1. The van der Waals surface area contributed by atoms with Crippen molar-refractivity contribution in [2.24, 2.45) is 0 Å². The van der Waals surface area contributed by atoms with Crippen LogP contribution in [0.1, 0.15) is 38.3 Å². The number of nitrogens with zero attached hydrogens (tertiary/aromatic N) is 1. The Labute approximate surface area is 172 Å². The molecule has 0 spiro atoms. The van der Waals surface area contributed by atoms with Crippen molar-refractivity contribution >= 4 is 23.6 Å². The summed E-state index contributed by atoms with van der Waals surface area (Å²) in [4.78, 5) is 28.6. The standard InChI is InChI=1S/C23H30N2O2S/c1-5-21(23(27)24-17(2)3)25(15-19-9-7-6-8-10-19)22(26)16-28-20-13-11-18(4)12-14-20/h6-14,17,21H,5,15-16H2,1-4H3,(H,24,27)/t21-/m0/s1. The third kappa shape index (κ3) is 6.71. The lowest BCUT2D eigenvalue weighted by Gasteiger charge is -2.31. The van der Waals surface area contributed by atoms with Gasteiger partial charge < -0.3 is 10.2 Å². The van der Waals surface area contributed by atoms with Crippen LogP contribution >= 0.6 is 11.8 Å². The summed E-state index contributed by atoms with van der Waals surface area (Å²) >= 11 is 1.51. The summed E-state index contributed by atoms with van der Waals surface area (Å²) in [5.41, 5.74) is 2.21. The first kappa shape index (κ1) is 22.0. The van der Waals surface area contributed by atoms with E-state index in [1.54, 1.807) is 4.90 Å². The Balaban J connectivity index is 2.16. The first-order valence-corrected chi connectivity index (χ1v) is 10.7. The molecule has 1 N–H and O–H groups in total. The van der Waals surface area contributed by atoms with Crippen molar-refractivity contribution in [2.75, 3.05) is 5.75 Å². The highest BCUT2D eigenvalue weighted by Crippen LogP contribution is 2.21. The Bertz CT molecular complexity index is 760. The van der Waals surface area contributed by atoms with Crippen molar-refractivity contribution in [3.05, 3.63) is 65.7 Å². The van der Waals surface area contributed by atoms with Gasteiger partial charge in [-0.05, 0) is 44.9 Å². The molecular formula is C23H30N2O2S. The van der Waals surface area contributed by atoms with Crippen LogP contribution < -0.4 is 5.32 Å². The lowest BCUT2D eigenvalue weighted by atomic mass is 10.1. The molecule has 5 heteroatoms. The Morgan fingerprint density at radius 3 is 2.25 bits per heavy atom. The largest absolute Gasteiger partial charge is 0.352 e. The van der Waals surface area contributed by atoms with Crippen LogP contribution in [0, 0.1) is 6.92 Å². The minimum atomic E-state index is -0.478. The lowest BCUT2D eigenvalue weighted by molar-refractivity contribution is -0.139. The molecule has 28 heavy (non-hydrogen) atoms. The van der Waals surface area contributed by atoms with Gasteiger partial charge in [0.1, 0.15) is 6.04 Å². The zero-order valence-corrected chi connectivity index (χ0v) is 18.0. The smallest absolute Gasteiger partial charge is 0.243 e. The van der Waals surface area contributed by atoms with Gasteiger partial charge in [0.15, 0.2) is 0 Å². The average molecular weight is 399 g/mol. The fourth-order valence-electron chi connectivity index (χ4n) is 2.94. The molecule has 0 aliphatic carbocycles. The number of hydrogen-bond acceptors (Lipinski definition) is 3. The maximum Gasteiger partial charge on any atom is 0.243 e. The summed E-state index contributed by atoms with van der Waals surface area (Å²) in [6.07, 6.45) is 0.576. The van der Waals surface area contributed by atoms with Crippen LogP contribution in [0.3, 0.4) is 0 Å². The van der Waals surface area contributed by atoms with Crippen molar-refractivity contribution in [2.45, 2.75) is 57.6 Å². The topological polar surface area (TPSA) is 49.4 Å². The second-order valence-electron chi connectivity index (χ2n) is 7.20. The lowest BCUT2D eigenvalue weighted by Crippen LogP contribution is -2.50. The average Bonchev–Trinajstić information content (AvgIpc) is 2.67. The first-order chi connectivity index (χ1) is 13.4. The summed E-state index contributed by atoms with van der Waals surface area (Å²) in [7, 11) is 0. The molecule has 0 aliphatic rings. The fraction of sp³-hybridized carbons (Fsp3) is 0.391.